The minimum atomic E-state index is -3.78. The lowest BCUT2D eigenvalue weighted by Crippen LogP contribution is -2.41. The van der Waals surface area contributed by atoms with E-state index in [9.17, 15) is 13.2 Å². The maximum Gasteiger partial charge on any atom is 0.321 e. The number of likely N-dealkylation sites (tertiary alicyclic amines) is 2. The van der Waals surface area contributed by atoms with Crippen molar-refractivity contribution < 1.29 is 13.2 Å². The summed E-state index contributed by atoms with van der Waals surface area (Å²) in [6.45, 7) is 3.66. The van der Waals surface area contributed by atoms with Gasteiger partial charge < -0.3 is 15.1 Å². The van der Waals surface area contributed by atoms with Crippen LogP contribution in [0.3, 0.4) is 0 Å². The maximum absolute atomic E-state index is 12.5. The summed E-state index contributed by atoms with van der Waals surface area (Å²) in [6.07, 6.45) is 3.27. The number of nitrogens with one attached hydrogen (secondary N) is 1. The van der Waals surface area contributed by atoms with E-state index in [0.29, 0.717) is 5.69 Å². The van der Waals surface area contributed by atoms with Gasteiger partial charge in [-0.25, -0.2) is 18.4 Å². The van der Waals surface area contributed by atoms with Crippen LogP contribution < -0.4 is 10.5 Å². The lowest BCUT2D eigenvalue weighted by atomic mass is 9.78. The zero-order valence-electron chi connectivity index (χ0n) is 13.9. The van der Waals surface area contributed by atoms with Gasteiger partial charge in [0.2, 0.25) is 10.0 Å². The van der Waals surface area contributed by atoms with Gasteiger partial charge in [0.05, 0.1) is 4.90 Å². The summed E-state index contributed by atoms with van der Waals surface area (Å²) in [5.41, 5.74) is 0.683. The minimum absolute atomic E-state index is 0.00601. The predicted molar refractivity (Wildman–Crippen MR) is 92.2 cm³/mol. The molecule has 0 saturated carbocycles. The second-order valence-corrected chi connectivity index (χ2v) is 8.54. The first kappa shape index (κ1) is 17.2. The molecule has 0 unspecified atom stereocenters. The lowest BCUT2D eigenvalue weighted by molar-refractivity contribution is 0.129. The first-order valence-corrected chi connectivity index (χ1v) is 9.69. The Morgan fingerprint density at radius 2 is 1.88 bits per heavy atom. The van der Waals surface area contributed by atoms with Gasteiger partial charge in [0.15, 0.2) is 0 Å². The van der Waals surface area contributed by atoms with Crippen LogP contribution in [0.25, 0.3) is 0 Å². The van der Waals surface area contributed by atoms with Crippen LogP contribution in [0.5, 0.6) is 0 Å². The third kappa shape index (κ3) is 3.71. The Labute approximate surface area is 142 Å². The highest BCUT2D eigenvalue weighted by molar-refractivity contribution is 7.89. The van der Waals surface area contributed by atoms with E-state index in [0.717, 1.165) is 45.4 Å². The topological polar surface area (TPSA) is 95.7 Å². The zero-order chi connectivity index (χ0) is 17.4. The molecule has 0 atom stereocenters. The van der Waals surface area contributed by atoms with Gasteiger partial charge in [-0.05, 0) is 63.0 Å². The highest BCUT2D eigenvalue weighted by Gasteiger charge is 2.41. The molecule has 2 fully saturated rings. The van der Waals surface area contributed by atoms with Crippen LogP contribution in [-0.2, 0) is 10.0 Å². The van der Waals surface area contributed by atoms with Gasteiger partial charge in [0.1, 0.15) is 0 Å². The van der Waals surface area contributed by atoms with Crippen LogP contribution in [0.1, 0.15) is 19.3 Å². The number of carbonyl (C=O) groups is 1. The molecule has 0 aliphatic carbocycles. The molecule has 2 aliphatic rings. The highest BCUT2D eigenvalue weighted by atomic mass is 32.2. The molecule has 3 rings (SSSR count). The third-order valence-electron chi connectivity index (χ3n) is 5.19. The summed E-state index contributed by atoms with van der Waals surface area (Å²) in [5, 5.41) is 7.91. The zero-order valence-corrected chi connectivity index (χ0v) is 14.7. The molecule has 132 valence electrons. The molecule has 0 bridgehead atoms. The molecule has 1 aromatic carbocycles. The third-order valence-corrected chi connectivity index (χ3v) is 6.10. The Balaban J connectivity index is 1.64. The van der Waals surface area contributed by atoms with E-state index in [-0.39, 0.29) is 16.3 Å². The number of urea groups is 1. The molecular weight excluding hydrogens is 328 g/mol. The maximum atomic E-state index is 12.5. The summed E-state index contributed by atoms with van der Waals surface area (Å²) >= 11 is 0. The number of hydrogen-bond donors (Lipinski definition) is 2. The van der Waals surface area contributed by atoms with Crippen LogP contribution in [-0.4, -0.2) is 57.5 Å². The standard InChI is InChI=1S/C16H24N4O3S/c1-19-8-5-16(6-9-19)7-10-20(12-16)15(21)18-13-3-2-4-14(11-13)24(17,22)23/h2-4,11H,5-10,12H2,1H3,(H,18,21)(H2,17,22,23). The van der Waals surface area contributed by atoms with Crippen molar-refractivity contribution in [3.63, 3.8) is 0 Å². The van der Waals surface area contributed by atoms with E-state index in [1.807, 2.05) is 4.90 Å². The minimum Gasteiger partial charge on any atom is -0.324 e. The molecule has 1 aromatic rings. The first-order chi connectivity index (χ1) is 11.3. The van der Waals surface area contributed by atoms with E-state index in [1.165, 1.54) is 12.1 Å². The lowest BCUT2D eigenvalue weighted by Gasteiger charge is -2.37. The molecule has 8 heteroatoms. The smallest absolute Gasteiger partial charge is 0.321 e. The van der Waals surface area contributed by atoms with Gasteiger partial charge in [-0.3, -0.25) is 0 Å². The summed E-state index contributed by atoms with van der Waals surface area (Å²) in [6, 6.07) is 5.84. The van der Waals surface area contributed by atoms with E-state index in [1.54, 1.807) is 12.1 Å². The highest BCUT2D eigenvalue weighted by Crippen LogP contribution is 2.40. The summed E-state index contributed by atoms with van der Waals surface area (Å²) in [7, 11) is -1.65. The molecule has 2 saturated heterocycles. The molecule has 0 radical (unpaired) electrons. The van der Waals surface area contributed by atoms with Crippen molar-refractivity contribution in [1.82, 2.24) is 9.80 Å². The fourth-order valence-corrected chi connectivity index (χ4v) is 4.12. The number of primary sulfonamides is 1. The number of amides is 2. The Morgan fingerprint density at radius 3 is 2.54 bits per heavy atom. The average molecular weight is 352 g/mol. The second-order valence-electron chi connectivity index (χ2n) is 6.98. The van der Waals surface area contributed by atoms with Crippen LogP contribution in [0.4, 0.5) is 10.5 Å². The SMILES string of the molecule is CN1CCC2(CC1)CCN(C(=O)Nc1cccc(S(N)(=O)=O)c1)C2. The number of nitrogens with zero attached hydrogens (tertiary/aromatic N) is 2. The van der Waals surface area contributed by atoms with Crippen molar-refractivity contribution >= 4 is 21.7 Å². The average Bonchev–Trinajstić information content (AvgIpc) is 2.94. The molecule has 3 N–H and O–H groups in total. The van der Waals surface area contributed by atoms with Crippen molar-refractivity contribution in [2.45, 2.75) is 24.2 Å². The fraction of sp³-hybridized carbons (Fsp3) is 0.562. The van der Waals surface area contributed by atoms with Crippen LogP contribution in [0.2, 0.25) is 0 Å². The van der Waals surface area contributed by atoms with E-state index >= 15 is 0 Å². The normalized spacial score (nSPS) is 21.2. The van der Waals surface area contributed by atoms with E-state index < -0.39 is 10.0 Å². The Bertz CT molecular complexity index is 727. The van der Waals surface area contributed by atoms with E-state index in [4.69, 9.17) is 5.14 Å². The molecule has 0 aromatic heterocycles. The molecule has 2 amide bonds. The van der Waals surface area contributed by atoms with Gasteiger partial charge >= 0.3 is 6.03 Å². The van der Waals surface area contributed by atoms with Crippen molar-refractivity contribution in [1.29, 1.82) is 0 Å². The van der Waals surface area contributed by atoms with Crippen LogP contribution in [0, 0.1) is 5.41 Å². The molecule has 1 spiro atoms. The molecular formula is C16H24N4O3S. The second kappa shape index (κ2) is 6.34. The predicted octanol–water partition coefficient (Wildman–Crippen LogP) is 1.28. The number of carbonyl (C=O) groups excluding carboxylic acids is 1. The first-order valence-electron chi connectivity index (χ1n) is 8.15. The quantitative estimate of drug-likeness (QED) is 0.838. The van der Waals surface area contributed by atoms with Crippen molar-refractivity contribution in [2.75, 3.05) is 38.5 Å². The largest absolute Gasteiger partial charge is 0.324 e. The van der Waals surface area contributed by atoms with Crippen LogP contribution in [0.15, 0.2) is 29.2 Å². The monoisotopic (exact) mass is 352 g/mol. The number of sulfonamides is 1. The fourth-order valence-electron chi connectivity index (χ4n) is 3.56. The molecule has 24 heavy (non-hydrogen) atoms. The van der Waals surface area contributed by atoms with Gasteiger partial charge in [-0.15, -0.1) is 0 Å². The number of anilines is 1. The number of rotatable bonds is 2. The molecule has 2 aliphatic heterocycles. The van der Waals surface area contributed by atoms with Crippen LogP contribution >= 0.6 is 0 Å². The Morgan fingerprint density at radius 1 is 1.21 bits per heavy atom. The van der Waals surface area contributed by atoms with Crippen molar-refractivity contribution in [3.8, 4) is 0 Å². The van der Waals surface area contributed by atoms with Crippen molar-refractivity contribution in [2.24, 2.45) is 10.6 Å². The Hall–Kier alpha value is -1.64. The summed E-state index contributed by atoms with van der Waals surface area (Å²) in [4.78, 5) is 16.6. The Kier molecular flexibility index (Phi) is 4.54. The number of piperidine rings is 1. The van der Waals surface area contributed by atoms with Gasteiger partial charge in [0.25, 0.3) is 0 Å². The van der Waals surface area contributed by atoms with Gasteiger partial charge in [-0.2, -0.15) is 0 Å². The number of nitrogens with two attached hydrogens (primary N) is 1. The van der Waals surface area contributed by atoms with Gasteiger partial charge in [-0.1, -0.05) is 6.07 Å². The van der Waals surface area contributed by atoms with Crippen molar-refractivity contribution in [3.05, 3.63) is 24.3 Å². The van der Waals surface area contributed by atoms with E-state index in [2.05, 4.69) is 17.3 Å². The number of benzene rings is 1. The molecule has 7 nitrogen and oxygen atoms in total. The molecule has 2 heterocycles. The summed E-state index contributed by atoms with van der Waals surface area (Å²) in [5.74, 6) is 0. The number of hydrogen-bond acceptors (Lipinski definition) is 4. The summed E-state index contributed by atoms with van der Waals surface area (Å²) < 4.78 is 22.8. The van der Waals surface area contributed by atoms with Gasteiger partial charge in [0, 0.05) is 18.8 Å².